The van der Waals surface area contributed by atoms with Gasteiger partial charge in [-0.2, -0.15) is 26.3 Å². The Morgan fingerprint density at radius 2 is 0.927 bits per heavy atom. The number of alkyl halides is 6. The Morgan fingerprint density at radius 3 is 1.24 bits per heavy atom. The molecular formula is C30H40B2F6P2Si. The van der Waals surface area contributed by atoms with Crippen LogP contribution in [-0.4, -0.2) is 48.1 Å². The van der Waals surface area contributed by atoms with Gasteiger partial charge in [-0.15, -0.1) is 0 Å². The molecule has 0 saturated heterocycles. The molecule has 11 heteroatoms. The second kappa shape index (κ2) is 12.7. The Kier molecular flexibility index (Phi) is 10.2. The van der Waals surface area contributed by atoms with Crippen LogP contribution in [0.1, 0.15) is 75.3 Å². The Balaban J connectivity index is 1.89. The average molecular weight is 626 g/mol. The first-order valence-electron chi connectivity index (χ1n) is 14.7. The second-order valence-electron chi connectivity index (χ2n) is 12.8. The summed E-state index contributed by atoms with van der Waals surface area (Å²) < 4.78 is 85.3. The first-order valence-corrected chi connectivity index (χ1v) is 22.2. The van der Waals surface area contributed by atoms with Crippen LogP contribution in [0.4, 0.5) is 26.3 Å². The van der Waals surface area contributed by atoms with Crippen LogP contribution in [0.25, 0.3) is 0 Å². The Hall–Kier alpha value is -0.773. The van der Waals surface area contributed by atoms with Gasteiger partial charge in [-0.1, -0.05) is 88.5 Å². The summed E-state index contributed by atoms with van der Waals surface area (Å²) in [5.41, 5.74) is -0.745. The van der Waals surface area contributed by atoms with Crippen LogP contribution >= 0.6 is 14.3 Å². The average Bonchev–Trinajstić information content (AvgIpc) is 2.92. The Labute approximate surface area is 246 Å². The molecule has 4 rings (SSSR count). The van der Waals surface area contributed by atoms with Crippen LogP contribution in [0, 0.1) is 0 Å². The van der Waals surface area contributed by atoms with E-state index in [1.807, 2.05) is 13.3 Å². The predicted molar refractivity (Wildman–Crippen MR) is 169 cm³/mol. The lowest BCUT2D eigenvalue weighted by Gasteiger charge is -2.55. The monoisotopic (exact) mass is 626 g/mol. The summed E-state index contributed by atoms with van der Waals surface area (Å²) in [4.78, 5) is 0. The van der Waals surface area contributed by atoms with Crippen LogP contribution in [-0.2, 0) is 12.4 Å². The fraction of sp³-hybridized carbons (Fsp3) is 0.600. The summed E-state index contributed by atoms with van der Waals surface area (Å²) in [6, 6.07) is 11.3. The van der Waals surface area contributed by atoms with E-state index >= 15 is 0 Å². The van der Waals surface area contributed by atoms with Crippen LogP contribution < -0.4 is 10.6 Å². The Bertz CT molecular complexity index is 1080. The smallest absolute Gasteiger partial charge is 0.300 e. The van der Waals surface area contributed by atoms with Gasteiger partial charge in [-0.05, 0) is 35.3 Å². The fourth-order valence-corrected chi connectivity index (χ4v) is 30.7. The highest BCUT2D eigenvalue weighted by molar-refractivity contribution is 8.06. The van der Waals surface area contributed by atoms with Gasteiger partial charge >= 0.3 is 12.4 Å². The van der Waals surface area contributed by atoms with E-state index in [0.717, 1.165) is 76.3 Å². The van der Waals surface area contributed by atoms with Gasteiger partial charge in [0.15, 0.2) is 0 Å². The minimum absolute atomic E-state index is 0.184. The molecular weight excluding hydrogens is 586 g/mol. The number of benzene rings is 2. The quantitative estimate of drug-likeness (QED) is 0.156. The lowest BCUT2D eigenvalue weighted by Crippen LogP contribution is -2.56. The second-order valence-corrected chi connectivity index (χ2v) is 25.4. The van der Waals surface area contributed by atoms with Gasteiger partial charge in [0.05, 0.1) is 21.7 Å². The van der Waals surface area contributed by atoms with Crippen molar-refractivity contribution in [1.29, 1.82) is 0 Å². The molecule has 0 N–H and O–H groups in total. The molecule has 0 bridgehead atoms. The molecule has 2 saturated carbocycles. The van der Waals surface area contributed by atoms with Gasteiger partial charge in [0, 0.05) is 24.9 Å². The highest BCUT2D eigenvalue weighted by atomic mass is 31.2. The minimum atomic E-state index is -4.53. The lowest BCUT2D eigenvalue weighted by atomic mass is 9.99. The maximum atomic E-state index is 14.2. The summed E-state index contributed by atoms with van der Waals surface area (Å²) in [5.74, 6) is 1.01. The predicted octanol–water partition coefficient (Wildman–Crippen LogP) is 9.33. The van der Waals surface area contributed by atoms with E-state index in [1.54, 1.807) is 12.1 Å². The summed E-state index contributed by atoms with van der Waals surface area (Å²) in [5, 5.41) is 0.368. The maximum absolute atomic E-state index is 14.2. The van der Waals surface area contributed by atoms with Crippen LogP contribution in [0.15, 0.2) is 48.5 Å². The number of hydrogen-bond donors (Lipinski definition) is 0. The van der Waals surface area contributed by atoms with Crippen molar-refractivity contribution in [1.82, 2.24) is 0 Å². The summed E-state index contributed by atoms with van der Waals surface area (Å²) in [6.07, 6.45) is 1.26. The highest BCUT2D eigenvalue weighted by Crippen LogP contribution is 2.65. The van der Waals surface area contributed by atoms with E-state index in [4.69, 9.17) is 15.1 Å². The van der Waals surface area contributed by atoms with Crippen molar-refractivity contribution in [3.8, 4) is 0 Å². The third-order valence-electron chi connectivity index (χ3n) is 9.60. The van der Waals surface area contributed by atoms with Crippen molar-refractivity contribution in [3.63, 3.8) is 0 Å². The molecule has 0 aliphatic heterocycles. The number of hydrogen-bond acceptors (Lipinski definition) is 0. The molecule has 0 aromatic heterocycles. The van der Waals surface area contributed by atoms with E-state index in [-0.39, 0.29) is 10.6 Å². The van der Waals surface area contributed by atoms with Gasteiger partial charge < -0.3 is 15.1 Å². The van der Waals surface area contributed by atoms with E-state index in [1.165, 1.54) is 24.3 Å². The Morgan fingerprint density at radius 1 is 0.610 bits per heavy atom. The van der Waals surface area contributed by atoms with E-state index in [9.17, 15) is 26.3 Å². The van der Waals surface area contributed by atoms with Crippen molar-refractivity contribution < 1.29 is 26.3 Å². The zero-order valence-corrected chi connectivity index (χ0v) is 26.9. The maximum Gasteiger partial charge on any atom is 0.420 e. The summed E-state index contributed by atoms with van der Waals surface area (Å²) >= 11 is 0. The largest absolute Gasteiger partial charge is 0.420 e. The van der Waals surface area contributed by atoms with E-state index in [2.05, 4.69) is 0 Å². The molecule has 2 aromatic rings. The van der Waals surface area contributed by atoms with Gasteiger partial charge in [-0.25, -0.2) is 14.3 Å². The topological polar surface area (TPSA) is 0 Å². The minimum Gasteiger partial charge on any atom is -0.300 e. The molecule has 0 nitrogen and oxygen atoms in total. The van der Waals surface area contributed by atoms with Crippen molar-refractivity contribution in [2.75, 3.05) is 24.9 Å². The molecule has 41 heavy (non-hydrogen) atoms. The summed E-state index contributed by atoms with van der Waals surface area (Å²) in [6.45, 7) is 3.64. The van der Waals surface area contributed by atoms with Crippen molar-refractivity contribution in [3.05, 3.63) is 59.7 Å². The molecule has 2 aliphatic rings. The third-order valence-corrected chi connectivity index (χ3v) is 27.0. The van der Waals surface area contributed by atoms with Gasteiger partial charge in [0.2, 0.25) is 0 Å². The van der Waals surface area contributed by atoms with Crippen LogP contribution in [0.3, 0.4) is 0 Å². The van der Waals surface area contributed by atoms with Crippen LogP contribution in [0.2, 0.25) is 11.1 Å². The molecule has 2 aliphatic carbocycles. The fourth-order valence-electron chi connectivity index (χ4n) is 7.97. The third kappa shape index (κ3) is 7.48. The van der Waals surface area contributed by atoms with Gasteiger partial charge in [0.25, 0.3) is 0 Å². The molecule has 222 valence electrons. The zero-order valence-electron chi connectivity index (χ0n) is 24.1. The molecule has 2 aromatic carbocycles. The number of halogens is 6. The summed E-state index contributed by atoms with van der Waals surface area (Å²) in [7, 11) is 5.93. The van der Waals surface area contributed by atoms with Crippen LogP contribution in [0.5, 0.6) is 0 Å². The van der Waals surface area contributed by atoms with E-state index in [0.29, 0.717) is 22.7 Å². The molecule has 2 unspecified atom stereocenters. The first kappa shape index (κ1) is 33.1. The van der Waals surface area contributed by atoms with Gasteiger partial charge in [-0.3, -0.25) is 0 Å². The standard InChI is InChI=1S/C30H40B2F6P2Si/c1-39(31,27-19-11-9-17-25(27)29(33,34)35)21-41(23-13-5-3-6-14-23,24-15-7-4-8-16-24)22-40(2,32)28-20-12-10-18-26(28)30(36,37)38/h9-12,17-20,23-24H,3-8,13-16,21-22H2,1-2H3. The van der Waals surface area contributed by atoms with Crippen molar-refractivity contribution in [2.24, 2.45) is 0 Å². The van der Waals surface area contributed by atoms with E-state index < -0.39 is 45.8 Å². The highest BCUT2D eigenvalue weighted by Gasteiger charge is 2.55. The normalized spacial score (nSPS) is 21.3. The molecule has 0 heterocycles. The zero-order chi connectivity index (χ0) is 30.1. The SMILES string of the molecule is [B-][P+](C)(C[Si](C[P+]([B-])(C)c1ccccc1C(F)(F)F)(C1CCCCC1)C1CCCCC1)c1ccccc1C(F)(F)F. The molecule has 6 radical (unpaired) electrons. The molecule has 0 spiro atoms. The molecule has 2 atom stereocenters. The van der Waals surface area contributed by atoms with Gasteiger partial charge in [0.1, 0.15) is 8.07 Å². The lowest BCUT2D eigenvalue weighted by molar-refractivity contribution is -0.137. The van der Waals surface area contributed by atoms with Crippen molar-refractivity contribution in [2.45, 2.75) is 87.6 Å². The molecule has 2 fully saturated rings. The first-order chi connectivity index (χ1) is 19.1. The number of rotatable bonds is 8. The van der Waals surface area contributed by atoms with Crippen molar-refractivity contribution >= 4 is 48.1 Å². The molecule has 0 amide bonds.